The number of likely N-dealkylation sites (N-methyl/N-ethyl adjacent to an activating group) is 1. The first-order chi connectivity index (χ1) is 8.52. The average molecular weight is 318 g/mol. The van der Waals surface area contributed by atoms with Crippen molar-refractivity contribution < 1.29 is 14.0 Å². The van der Waals surface area contributed by atoms with Gasteiger partial charge in [0.15, 0.2) is 0 Å². The van der Waals surface area contributed by atoms with E-state index in [1.165, 1.54) is 19.2 Å². The van der Waals surface area contributed by atoms with Crippen LogP contribution in [0, 0.1) is 5.82 Å². The predicted octanol–water partition coefficient (Wildman–Crippen LogP) is 0.862. The molecule has 0 aliphatic rings. The van der Waals surface area contributed by atoms with Crippen LogP contribution in [-0.2, 0) is 9.59 Å². The fourth-order valence-corrected chi connectivity index (χ4v) is 1.50. The smallest absolute Gasteiger partial charge is 0.238 e. The summed E-state index contributed by atoms with van der Waals surface area (Å²) in [7, 11) is 1.50. The Kier molecular flexibility index (Phi) is 5.73. The van der Waals surface area contributed by atoms with Gasteiger partial charge in [0.25, 0.3) is 0 Å². The van der Waals surface area contributed by atoms with Crippen molar-refractivity contribution in [2.45, 2.75) is 0 Å². The van der Waals surface area contributed by atoms with Crippen LogP contribution in [0.5, 0.6) is 0 Å². The van der Waals surface area contributed by atoms with E-state index >= 15 is 0 Å². The Balaban J connectivity index is 2.42. The van der Waals surface area contributed by atoms with Gasteiger partial charge in [-0.25, -0.2) is 4.39 Å². The first-order valence-corrected chi connectivity index (χ1v) is 5.98. The van der Waals surface area contributed by atoms with Crippen molar-refractivity contribution in [1.29, 1.82) is 0 Å². The highest BCUT2D eigenvalue weighted by molar-refractivity contribution is 9.10. The molecule has 1 aromatic carbocycles. The van der Waals surface area contributed by atoms with Crippen LogP contribution in [0.1, 0.15) is 0 Å². The van der Waals surface area contributed by atoms with Crippen molar-refractivity contribution in [2.24, 2.45) is 0 Å². The Morgan fingerprint density at radius 2 is 1.94 bits per heavy atom. The second-order valence-corrected chi connectivity index (χ2v) is 4.36. The summed E-state index contributed by atoms with van der Waals surface area (Å²) in [5.74, 6) is -1.17. The highest BCUT2D eigenvalue weighted by Crippen LogP contribution is 2.18. The largest absolute Gasteiger partial charge is 0.358 e. The van der Waals surface area contributed by atoms with Gasteiger partial charge in [-0.2, -0.15) is 0 Å². The van der Waals surface area contributed by atoms with Crippen molar-refractivity contribution in [3.8, 4) is 0 Å². The van der Waals surface area contributed by atoms with E-state index in [-0.39, 0.29) is 24.7 Å². The Bertz CT molecular complexity index is 454. The van der Waals surface area contributed by atoms with Crippen LogP contribution in [0.15, 0.2) is 22.7 Å². The fraction of sp³-hybridized carbons (Fsp3) is 0.273. The van der Waals surface area contributed by atoms with Crippen LogP contribution in [0.4, 0.5) is 10.1 Å². The number of benzene rings is 1. The van der Waals surface area contributed by atoms with E-state index in [0.717, 1.165) is 0 Å². The molecule has 1 aromatic rings. The van der Waals surface area contributed by atoms with Crippen molar-refractivity contribution >= 4 is 33.4 Å². The van der Waals surface area contributed by atoms with Gasteiger partial charge in [0.2, 0.25) is 11.8 Å². The predicted molar refractivity (Wildman–Crippen MR) is 69.7 cm³/mol. The SMILES string of the molecule is CNC(=O)CNCC(=O)Nc1ccc(Br)cc1F. The minimum absolute atomic E-state index is 0.0345. The summed E-state index contributed by atoms with van der Waals surface area (Å²) >= 11 is 3.12. The highest BCUT2D eigenvalue weighted by Gasteiger charge is 2.07. The zero-order valence-corrected chi connectivity index (χ0v) is 11.3. The van der Waals surface area contributed by atoms with E-state index in [4.69, 9.17) is 0 Å². The normalized spacial score (nSPS) is 9.94. The quantitative estimate of drug-likeness (QED) is 0.754. The molecule has 18 heavy (non-hydrogen) atoms. The molecule has 0 heterocycles. The van der Waals surface area contributed by atoms with Gasteiger partial charge < -0.3 is 10.6 Å². The van der Waals surface area contributed by atoms with Crippen LogP contribution in [0.2, 0.25) is 0 Å². The molecule has 5 nitrogen and oxygen atoms in total. The molecule has 0 spiro atoms. The van der Waals surface area contributed by atoms with Crippen molar-refractivity contribution in [1.82, 2.24) is 10.6 Å². The molecule has 0 saturated heterocycles. The van der Waals surface area contributed by atoms with Crippen LogP contribution < -0.4 is 16.0 Å². The molecular weight excluding hydrogens is 305 g/mol. The van der Waals surface area contributed by atoms with Crippen LogP contribution in [0.3, 0.4) is 0 Å². The van der Waals surface area contributed by atoms with Gasteiger partial charge in [-0.15, -0.1) is 0 Å². The molecule has 0 aromatic heterocycles. The first-order valence-electron chi connectivity index (χ1n) is 5.19. The van der Waals surface area contributed by atoms with Gasteiger partial charge in [0.1, 0.15) is 5.82 Å². The molecule has 2 amide bonds. The van der Waals surface area contributed by atoms with E-state index in [0.29, 0.717) is 4.47 Å². The summed E-state index contributed by atoms with van der Waals surface area (Å²) in [5.41, 5.74) is 0.102. The lowest BCUT2D eigenvalue weighted by Crippen LogP contribution is -2.36. The van der Waals surface area contributed by atoms with Gasteiger partial charge in [-0.3, -0.25) is 14.9 Å². The summed E-state index contributed by atoms with van der Waals surface area (Å²) in [4.78, 5) is 22.3. The number of nitrogens with one attached hydrogen (secondary N) is 3. The van der Waals surface area contributed by atoms with E-state index in [9.17, 15) is 14.0 Å². The van der Waals surface area contributed by atoms with E-state index in [1.54, 1.807) is 6.07 Å². The maximum absolute atomic E-state index is 13.4. The molecule has 98 valence electrons. The van der Waals surface area contributed by atoms with Crippen LogP contribution >= 0.6 is 15.9 Å². The Morgan fingerprint density at radius 3 is 2.56 bits per heavy atom. The number of hydrogen-bond donors (Lipinski definition) is 3. The topological polar surface area (TPSA) is 70.2 Å². The summed E-state index contributed by atoms with van der Waals surface area (Å²) < 4.78 is 14.0. The number of hydrogen-bond acceptors (Lipinski definition) is 3. The van der Waals surface area contributed by atoms with E-state index in [2.05, 4.69) is 31.9 Å². The molecule has 0 saturated carbocycles. The molecule has 0 aliphatic carbocycles. The van der Waals surface area contributed by atoms with Crippen LogP contribution in [0.25, 0.3) is 0 Å². The van der Waals surface area contributed by atoms with Gasteiger partial charge in [0, 0.05) is 11.5 Å². The maximum atomic E-state index is 13.4. The lowest BCUT2D eigenvalue weighted by Gasteiger charge is -2.07. The average Bonchev–Trinajstić information content (AvgIpc) is 2.32. The Morgan fingerprint density at radius 1 is 1.28 bits per heavy atom. The summed E-state index contributed by atoms with van der Waals surface area (Å²) in [5, 5.41) is 7.44. The lowest BCUT2D eigenvalue weighted by atomic mass is 10.3. The monoisotopic (exact) mass is 317 g/mol. The van der Waals surface area contributed by atoms with Gasteiger partial charge in [-0.05, 0) is 18.2 Å². The number of amides is 2. The summed E-state index contributed by atoms with van der Waals surface area (Å²) in [6.45, 7) is -0.0321. The van der Waals surface area contributed by atoms with Crippen molar-refractivity contribution in [3.63, 3.8) is 0 Å². The third kappa shape index (κ3) is 4.80. The molecule has 7 heteroatoms. The molecule has 0 bridgehead atoms. The minimum Gasteiger partial charge on any atom is -0.358 e. The number of carbonyl (C=O) groups excluding carboxylic acids is 2. The van der Waals surface area contributed by atoms with Crippen molar-refractivity contribution in [2.75, 3.05) is 25.5 Å². The van der Waals surface area contributed by atoms with Gasteiger partial charge >= 0.3 is 0 Å². The minimum atomic E-state index is -0.524. The standard InChI is InChI=1S/C11H13BrFN3O2/c1-14-10(17)5-15-6-11(18)16-9-3-2-7(12)4-8(9)13/h2-4,15H,5-6H2,1H3,(H,14,17)(H,16,18). The molecule has 0 atom stereocenters. The van der Waals surface area contributed by atoms with Gasteiger partial charge in [-0.1, -0.05) is 15.9 Å². The number of halogens is 2. The zero-order chi connectivity index (χ0) is 13.5. The second-order valence-electron chi connectivity index (χ2n) is 3.45. The third-order valence-corrected chi connectivity index (χ3v) is 2.55. The molecule has 0 fully saturated rings. The molecule has 0 aliphatic heterocycles. The lowest BCUT2D eigenvalue weighted by molar-refractivity contribution is -0.120. The molecule has 0 unspecified atom stereocenters. The molecule has 3 N–H and O–H groups in total. The fourth-order valence-electron chi connectivity index (χ4n) is 1.16. The van der Waals surface area contributed by atoms with Crippen molar-refractivity contribution in [3.05, 3.63) is 28.5 Å². The summed E-state index contributed by atoms with van der Waals surface area (Å²) in [6.07, 6.45) is 0. The molecular formula is C11H13BrFN3O2. The maximum Gasteiger partial charge on any atom is 0.238 e. The van der Waals surface area contributed by atoms with E-state index in [1.807, 2.05) is 0 Å². The highest BCUT2D eigenvalue weighted by atomic mass is 79.9. The van der Waals surface area contributed by atoms with E-state index < -0.39 is 11.7 Å². The molecule has 0 radical (unpaired) electrons. The summed E-state index contributed by atoms with van der Waals surface area (Å²) in [6, 6.07) is 4.33. The number of anilines is 1. The first kappa shape index (κ1) is 14.6. The third-order valence-electron chi connectivity index (χ3n) is 2.06. The number of rotatable bonds is 5. The second kappa shape index (κ2) is 7.07. The Labute approximate surface area is 112 Å². The zero-order valence-electron chi connectivity index (χ0n) is 9.72. The Hall–Kier alpha value is -1.47. The molecule has 1 rings (SSSR count). The number of carbonyl (C=O) groups is 2. The van der Waals surface area contributed by atoms with Gasteiger partial charge in [0.05, 0.1) is 18.8 Å². The van der Waals surface area contributed by atoms with Crippen LogP contribution in [-0.4, -0.2) is 32.0 Å².